The number of nitrogens with zero attached hydrogens (tertiary/aromatic N) is 1. The third-order valence-corrected chi connectivity index (χ3v) is 3.55. The van der Waals surface area contributed by atoms with E-state index < -0.39 is 4.92 Å². The van der Waals surface area contributed by atoms with Gasteiger partial charge in [-0.3, -0.25) is 14.9 Å². The van der Waals surface area contributed by atoms with Gasteiger partial charge in [-0.1, -0.05) is 0 Å². The summed E-state index contributed by atoms with van der Waals surface area (Å²) in [6.45, 7) is 3.38. The van der Waals surface area contributed by atoms with Crippen molar-refractivity contribution in [3.05, 3.63) is 45.6 Å². The molecule has 1 aromatic carbocycles. The van der Waals surface area contributed by atoms with Crippen LogP contribution < -0.4 is 10.0 Å². The molecule has 0 amide bonds. The van der Waals surface area contributed by atoms with E-state index >= 15 is 0 Å². The van der Waals surface area contributed by atoms with E-state index in [4.69, 9.17) is 0 Å². The molecule has 0 aliphatic carbocycles. The molecule has 20 heavy (non-hydrogen) atoms. The molecule has 0 aliphatic rings. The molecular weight excluding hydrogens is 278 g/mol. The van der Waals surface area contributed by atoms with Gasteiger partial charge in [0.1, 0.15) is 0 Å². The smallest absolute Gasteiger partial charge is 0.269 e. The second-order valence-electron chi connectivity index (χ2n) is 4.10. The predicted octanol–water partition coefficient (Wildman–Crippen LogP) is 2.74. The molecular formula is C13H17N3O3S. The Balaban J connectivity index is 2.59. The van der Waals surface area contributed by atoms with Gasteiger partial charge in [0.2, 0.25) is 0 Å². The van der Waals surface area contributed by atoms with E-state index in [2.05, 4.69) is 10.0 Å². The van der Waals surface area contributed by atoms with Crippen LogP contribution in [0.25, 0.3) is 0 Å². The van der Waals surface area contributed by atoms with Crippen LogP contribution in [-0.4, -0.2) is 23.5 Å². The van der Waals surface area contributed by atoms with E-state index in [9.17, 15) is 14.9 Å². The lowest BCUT2D eigenvalue weighted by molar-refractivity contribution is -0.384. The van der Waals surface area contributed by atoms with Crippen LogP contribution in [0.1, 0.15) is 13.8 Å². The van der Waals surface area contributed by atoms with Crippen LogP contribution in [0, 0.1) is 10.1 Å². The Bertz CT molecular complexity index is 526. The van der Waals surface area contributed by atoms with Crippen LogP contribution >= 0.6 is 11.9 Å². The quantitative estimate of drug-likeness (QED) is 0.348. The van der Waals surface area contributed by atoms with E-state index in [1.54, 1.807) is 19.2 Å². The number of Topliss-reactive ketones (excluding diaryl/α,β-unsaturated/α-hetero) is 1. The molecule has 0 aliphatic heterocycles. The summed E-state index contributed by atoms with van der Waals surface area (Å²) in [6.07, 6.45) is 0. The fourth-order valence-corrected chi connectivity index (χ4v) is 2.41. The summed E-state index contributed by atoms with van der Waals surface area (Å²) < 4.78 is 3.06. The number of anilines is 1. The van der Waals surface area contributed by atoms with Crippen LogP contribution in [0.5, 0.6) is 0 Å². The predicted molar refractivity (Wildman–Crippen MR) is 81.6 cm³/mol. The van der Waals surface area contributed by atoms with E-state index in [0.29, 0.717) is 11.3 Å². The summed E-state index contributed by atoms with van der Waals surface area (Å²) in [7, 11) is 1.77. The third kappa shape index (κ3) is 4.58. The first-order valence-electron chi connectivity index (χ1n) is 5.96. The molecule has 108 valence electrons. The van der Waals surface area contributed by atoms with Crippen molar-refractivity contribution in [3.63, 3.8) is 0 Å². The Morgan fingerprint density at radius 2 is 1.90 bits per heavy atom. The molecule has 0 spiro atoms. The number of non-ortho nitro benzene ring substituents is 1. The minimum absolute atomic E-state index is 0.0230. The third-order valence-electron chi connectivity index (χ3n) is 2.74. The van der Waals surface area contributed by atoms with Gasteiger partial charge in [0.05, 0.1) is 4.92 Å². The molecule has 0 unspecified atom stereocenters. The molecule has 0 saturated carbocycles. The molecule has 6 nitrogen and oxygen atoms in total. The number of benzene rings is 1. The lowest BCUT2D eigenvalue weighted by Gasteiger charge is -2.10. The van der Waals surface area contributed by atoms with Crippen LogP contribution in [0.3, 0.4) is 0 Å². The minimum Gasteiger partial charge on any atom is -0.391 e. The first-order valence-corrected chi connectivity index (χ1v) is 6.95. The maximum absolute atomic E-state index is 11.5. The molecule has 0 heterocycles. The fraction of sp³-hybridized carbons (Fsp3) is 0.308. The summed E-state index contributed by atoms with van der Waals surface area (Å²) in [6, 6.07) is 6.13. The normalized spacial score (nSPS) is 11.6. The van der Waals surface area contributed by atoms with Crippen molar-refractivity contribution in [1.82, 2.24) is 5.32 Å². The van der Waals surface area contributed by atoms with Crippen molar-refractivity contribution in [2.24, 2.45) is 0 Å². The Kier molecular flexibility index (Phi) is 6.05. The van der Waals surface area contributed by atoms with Crippen molar-refractivity contribution < 1.29 is 9.72 Å². The van der Waals surface area contributed by atoms with Gasteiger partial charge in [0.25, 0.3) is 5.69 Å². The Morgan fingerprint density at radius 3 is 2.35 bits per heavy atom. The fourth-order valence-electron chi connectivity index (χ4n) is 1.47. The average Bonchev–Trinajstić information content (AvgIpc) is 2.43. The highest BCUT2D eigenvalue weighted by atomic mass is 32.2. The van der Waals surface area contributed by atoms with Gasteiger partial charge in [-0.2, -0.15) is 0 Å². The van der Waals surface area contributed by atoms with E-state index in [0.717, 1.165) is 11.4 Å². The van der Waals surface area contributed by atoms with Crippen LogP contribution in [0.2, 0.25) is 0 Å². The molecule has 0 bridgehead atoms. The Morgan fingerprint density at radius 1 is 1.30 bits per heavy atom. The zero-order valence-electron chi connectivity index (χ0n) is 11.6. The van der Waals surface area contributed by atoms with Crippen LogP contribution in [-0.2, 0) is 4.79 Å². The van der Waals surface area contributed by atoms with Gasteiger partial charge in [-0.25, -0.2) is 0 Å². The number of hydrogen-bond donors (Lipinski definition) is 2. The number of allylic oxidation sites excluding steroid dienone is 1. The number of carbonyl (C=O) groups is 1. The van der Waals surface area contributed by atoms with Crippen molar-refractivity contribution in [2.45, 2.75) is 13.8 Å². The molecule has 0 atom stereocenters. The summed E-state index contributed by atoms with van der Waals surface area (Å²) in [5, 5.41) is 13.5. The van der Waals surface area contributed by atoms with E-state index in [-0.39, 0.29) is 11.5 Å². The largest absolute Gasteiger partial charge is 0.391 e. The SMILES string of the molecule is CNC(C)=C(CSNc1ccc([N+](=O)[O-])cc1)C(C)=O. The van der Waals surface area contributed by atoms with Gasteiger partial charge < -0.3 is 10.0 Å². The van der Waals surface area contributed by atoms with E-state index in [1.165, 1.54) is 31.0 Å². The number of nitro benzene ring substituents is 1. The van der Waals surface area contributed by atoms with E-state index in [1.807, 2.05) is 6.92 Å². The molecule has 0 aromatic heterocycles. The summed E-state index contributed by atoms with van der Waals surface area (Å²) in [4.78, 5) is 21.6. The average molecular weight is 295 g/mol. The highest BCUT2D eigenvalue weighted by molar-refractivity contribution is 8.00. The lowest BCUT2D eigenvalue weighted by atomic mass is 10.2. The molecule has 1 rings (SSSR count). The zero-order valence-corrected chi connectivity index (χ0v) is 12.4. The molecule has 1 aromatic rings. The van der Waals surface area contributed by atoms with Gasteiger partial charge in [0, 0.05) is 41.9 Å². The number of rotatable bonds is 7. The molecule has 7 heteroatoms. The topological polar surface area (TPSA) is 84.3 Å². The summed E-state index contributed by atoms with van der Waals surface area (Å²) >= 11 is 1.36. The van der Waals surface area contributed by atoms with Crippen molar-refractivity contribution >= 4 is 29.1 Å². The molecule has 2 N–H and O–H groups in total. The van der Waals surface area contributed by atoms with Crippen molar-refractivity contribution in [3.8, 4) is 0 Å². The number of hydrogen-bond acceptors (Lipinski definition) is 6. The second kappa shape index (κ2) is 7.54. The first kappa shape index (κ1) is 16.0. The summed E-state index contributed by atoms with van der Waals surface area (Å²) in [5.41, 5.74) is 2.36. The van der Waals surface area contributed by atoms with Crippen LogP contribution in [0.4, 0.5) is 11.4 Å². The maximum Gasteiger partial charge on any atom is 0.269 e. The highest BCUT2D eigenvalue weighted by Crippen LogP contribution is 2.19. The standard InChI is InChI=1S/C13H17N3O3S/c1-9(14-3)13(10(2)17)8-20-15-11-4-6-12(7-5-11)16(18)19/h4-7,14-15H,8H2,1-3H3. The van der Waals surface area contributed by atoms with Crippen molar-refractivity contribution in [2.75, 3.05) is 17.5 Å². The number of nitrogens with one attached hydrogen (secondary N) is 2. The lowest BCUT2D eigenvalue weighted by Crippen LogP contribution is -2.12. The second-order valence-corrected chi connectivity index (χ2v) is 4.89. The van der Waals surface area contributed by atoms with Gasteiger partial charge in [-0.05, 0) is 37.9 Å². The highest BCUT2D eigenvalue weighted by Gasteiger charge is 2.08. The molecule has 0 saturated heterocycles. The van der Waals surface area contributed by atoms with Gasteiger partial charge in [-0.15, -0.1) is 0 Å². The minimum atomic E-state index is -0.441. The van der Waals surface area contributed by atoms with Crippen molar-refractivity contribution in [1.29, 1.82) is 0 Å². The molecule has 0 radical (unpaired) electrons. The van der Waals surface area contributed by atoms with Crippen LogP contribution in [0.15, 0.2) is 35.5 Å². The maximum atomic E-state index is 11.5. The monoisotopic (exact) mass is 295 g/mol. The number of nitro groups is 1. The number of carbonyl (C=O) groups excluding carboxylic acids is 1. The summed E-state index contributed by atoms with van der Waals surface area (Å²) in [5.74, 6) is 0.536. The Labute approximate surface area is 121 Å². The molecule has 0 fully saturated rings. The van der Waals surface area contributed by atoms with Gasteiger partial charge in [0.15, 0.2) is 5.78 Å². The Hall–Kier alpha value is -2.02. The van der Waals surface area contributed by atoms with Gasteiger partial charge >= 0.3 is 0 Å². The number of ketones is 1. The zero-order chi connectivity index (χ0) is 15.1. The first-order chi connectivity index (χ1) is 9.45.